The van der Waals surface area contributed by atoms with Crippen molar-refractivity contribution in [1.82, 2.24) is 10.6 Å². The molecule has 4 saturated carbocycles. The number of fused-ring (bicyclic) bond motifs is 7. The number of benzene rings is 2. The second kappa shape index (κ2) is 26.4. The number of Topliss-reactive ketones (excluding diaryl/α,β-unsaturated/α-hetero) is 1. The van der Waals surface area contributed by atoms with E-state index in [1.54, 1.807) is 24.3 Å². The van der Waals surface area contributed by atoms with Crippen LogP contribution < -0.4 is 15.2 Å². The van der Waals surface area contributed by atoms with Gasteiger partial charge in [0.1, 0.15) is 5.75 Å². The highest BCUT2D eigenvalue weighted by molar-refractivity contribution is 7.46. The predicted molar refractivity (Wildman–Crippen MR) is 280 cm³/mol. The summed E-state index contributed by atoms with van der Waals surface area (Å²) in [5.74, 6) is -1.27. The zero-order chi connectivity index (χ0) is 50.2. The molecular formula is C55H79Cl2N2O13P. The molecule has 6 N–H and O–H groups in total. The fourth-order valence-electron chi connectivity index (χ4n) is 13.4. The molecule has 73 heavy (non-hydrogen) atoms. The lowest BCUT2D eigenvalue weighted by Crippen LogP contribution is -2.63. The van der Waals surface area contributed by atoms with Gasteiger partial charge in [0.25, 0.3) is 0 Å². The summed E-state index contributed by atoms with van der Waals surface area (Å²) in [7, 11) is -4.95. The van der Waals surface area contributed by atoms with Crippen molar-refractivity contribution in [3.05, 3.63) is 89.0 Å². The first-order valence-electron chi connectivity index (χ1n) is 26.3. The molecule has 1 unspecified atom stereocenters. The van der Waals surface area contributed by atoms with Gasteiger partial charge in [-0.15, -0.1) is 24.8 Å². The van der Waals surface area contributed by atoms with Crippen LogP contribution in [0.15, 0.2) is 72.3 Å². The van der Waals surface area contributed by atoms with Crippen molar-refractivity contribution in [3.63, 3.8) is 0 Å². The predicted octanol–water partition coefficient (Wildman–Crippen LogP) is 8.38. The SMILES string of the molecule is C[C@]12C=CC(=O)C=C1CC[C@@H]1[C@@H]2[C@@H](O)C[C@@]2(C)[C@H]1C[C@H]1O[C@@H](C3CCCCC3)O[C@]12C(=O)COC(=O)CNCc1cc(C(O)CNCCCCCCOCCCCc2ccccc2)ccc1OP(=O)(O)O.Cl.Cl. The number of carbonyl (C=O) groups is 3. The number of aryl methyl sites for hydroxylation is 1. The molecule has 5 fully saturated rings. The van der Waals surface area contributed by atoms with Gasteiger partial charge < -0.3 is 44.3 Å². The molecule has 8 rings (SSSR count). The Morgan fingerprint density at radius 2 is 1.67 bits per heavy atom. The second-order valence-corrected chi connectivity index (χ2v) is 22.7. The topological polar surface area (TPSA) is 219 Å². The summed E-state index contributed by atoms with van der Waals surface area (Å²) < 4.78 is 42.1. The summed E-state index contributed by atoms with van der Waals surface area (Å²) in [6, 6.07) is 15.0. The summed E-state index contributed by atoms with van der Waals surface area (Å²) in [5, 5.41) is 29.5. The number of phosphoric acid groups is 1. The van der Waals surface area contributed by atoms with Crippen LogP contribution in [-0.2, 0) is 50.9 Å². The highest BCUT2D eigenvalue weighted by Crippen LogP contribution is 2.70. The number of unbranched alkanes of at least 4 members (excludes halogenated alkanes) is 4. The van der Waals surface area contributed by atoms with E-state index in [-0.39, 0.29) is 86.1 Å². The van der Waals surface area contributed by atoms with E-state index in [4.69, 9.17) is 23.5 Å². The van der Waals surface area contributed by atoms with E-state index >= 15 is 0 Å². The molecule has 10 atom stereocenters. The minimum absolute atomic E-state index is 0. The maximum absolute atomic E-state index is 14.9. The van der Waals surface area contributed by atoms with Crippen LogP contribution in [0.3, 0.4) is 0 Å². The fourth-order valence-corrected chi connectivity index (χ4v) is 13.9. The third-order valence-corrected chi connectivity index (χ3v) is 17.4. The lowest BCUT2D eigenvalue weighted by molar-refractivity contribution is -0.210. The zero-order valence-corrected chi connectivity index (χ0v) is 45.0. The van der Waals surface area contributed by atoms with Crippen LogP contribution >= 0.6 is 32.6 Å². The van der Waals surface area contributed by atoms with Gasteiger partial charge in [-0.05, 0) is 124 Å². The van der Waals surface area contributed by atoms with Gasteiger partial charge in [0.15, 0.2) is 24.3 Å². The number of ketones is 2. The number of aliphatic hydroxyl groups is 2. The molecule has 0 spiro atoms. The zero-order valence-electron chi connectivity index (χ0n) is 42.5. The number of ether oxygens (including phenoxy) is 4. The van der Waals surface area contributed by atoms with Gasteiger partial charge in [-0.25, -0.2) is 4.57 Å². The van der Waals surface area contributed by atoms with E-state index in [1.165, 1.54) is 11.6 Å². The van der Waals surface area contributed by atoms with E-state index in [9.17, 15) is 38.9 Å². The number of halogens is 2. The standard InChI is InChI=1S/C55H77N2O13P.2ClH/c1-53-25-24-42(58)30-41(53)21-22-43-44-31-49-55(54(44,2)32-45(59)51(43)53,69-52(68-49)38-18-9-6-10-19-38)48(61)36-67-50(62)35-57-33-40-29-39(20-23-47(40)70-71(63,64)65)46(60)34-56-26-12-3-4-13-27-66-28-14-11-17-37-15-7-5-8-16-37;;/h5,7-8,15-16,20,23-25,29-30,38,43-46,49,51-52,56-57,59-60H,3-4,6,9-14,17-19,21-22,26-28,31-36H2,1-2H3,(H2,63,64,65);2*1H/t43-,44-,45-,46?,49+,51+,52+,53-,54-,55+;;/m0../s1. The van der Waals surface area contributed by atoms with Gasteiger partial charge in [0.2, 0.25) is 5.78 Å². The first-order valence-corrected chi connectivity index (χ1v) is 27.9. The van der Waals surface area contributed by atoms with E-state index < -0.39 is 67.2 Å². The van der Waals surface area contributed by atoms with Crippen molar-refractivity contribution in [1.29, 1.82) is 0 Å². The van der Waals surface area contributed by atoms with Crippen LogP contribution in [0.1, 0.15) is 133 Å². The minimum Gasteiger partial charge on any atom is -0.457 e. The molecule has 0 aromatic heterocycles. The van der Waals surface area contributed by atoms with Gasteiger partial charge in [0, 0.05) is 54.5 Å². The van der Waals surface area contributed by atoms with E-state index in [2.05, 4.69) is 41.8 Å². The average Bonchev–Trinajstić information content (AvgIpc) is 3.85. The first-order chi connectivity index (χ1) is 34.1. The summed E-state index contributed by atoms with van der Waals surface area (Å²) in [5.41, 5.74) is 0.438. The molecule has 2 aromatic carbocycles. The van der Waals surface area contributed by atoms with E-state index in [0.29, 0.717) is 24.1 Å². The third-order valence-electron chi connectivity index (χ3n) is 16.9. The van der Waals surface area contributed by atoms with Crippen LogP contribution in [0, 0.1) is 34.5 Å². The van der Waals surface area contributed by atoms with Crippen LogP contribution in [0.25, 0.3) is 0 Å². The number of nitrogens with one attached hydrogen (secondary N) is 2. The van der Waals surface area contributed by atoms with Crippen molar-refractivity contribution in [2.45, 2.75) is 153 Å². The maximum atomic E-state index is 14.9. The molecule has 1 saturated heterocycles. The molecule has 1 aliphatic heterocycles. The number of phosphoric ester groups is 1. The molecule has 0 amide bonds. The number of esters is 1. The number of allylic oxidation sites excluding steroid dienone is 4. The van der Waals surface area contributed by atoms with Gasteiger partial charge in [-0.3, -0.25) is 24.2 Å². The summed E-state index contributed by atoms with van der Waals surface area (Å²) >= 11 is 0. The quantitative estimate of drug-likeness (QED) is 0.0313. The van der Waals surface area contributed by atoms with Crippen molar-refractivity contribution < 1.29 is 62.4 Å². The van der Waals surface area contributed by atoms with Crippen molar-refractivity contribution in [3.8, 4) is 5.75 Å². The normalized spacial score (nSPS) is 29.9. The number of hydrogen-bond acceptors (Lipinski definition) is 13. The largest absolute Gasteiger partial charge is 0.524 e. The van der Waals surface area contributed by atoms with Crippen molar-refractivity contribution >= 4 is 50.2 Å². The minimum atomic E-state index is -4.95. The number of rotatable bonds is 25. The van der Waals surface area contributed by atoms with Gasteiger partial charge in [0.05, 0.1) is 24.9 Å². The van der Waals surface area contributed by atoms with Crippen molar-refractivity contribution in [2.24, 2.45) is 34.5 Å². The average molecular weight is 1080 g/mol. The Morgan fingerprint density at radius 3 is 2.42 bits per heavy atom. The third kappa shape index (κ3) is 13.8. The van der Waals surface area contributed by atoms with Crippen LogP contribution in [0.5, 0.6) is 5.75 Å². The fraction of sp³-hybridized carbons (Fsp3) is 0.655. The molecular weight excluding hydrogens is 998 g/mol. The van der Waals surface area contributed by atoms with Gasteiger partial charge in [-0.1, -0.05) is 94.0 Å². The Hall–Kier alpha value is -3.02. The Balaban J connectivity index is 0.00000435. The molecule has 406 valence electrons. The van der Waals surface area contributed by atoms with Gasteiger partial charge in [-0.2, -0.15) is 0 Å². The molecule has 6 aliphatic rings. The molecule has 15 nitrogen and oxygen atoms in total. The molecule has 18 heteroatoms. The molecule has 5 aliphatic carbocycles. The molecule has 0 radical (unpaired) electrons. The molecule has 0 bridgehead atoms. The van der Waals surface area contributed by atoms with Crippen LogP contribution in [-0.4, -0.2) is 101 Å². The Labute approximate surface area is 443 Å². The monoisotopic (exact) mass is 1080 g/mol. The Kier molecular flexibility index (Phi) is 21.4. The summed E-state index contributed by atoms with van der Waals surface area (Å²) in [4.78, 5) is 59.9. The smallest absolute Gasteiger partial charge is 0.457 e. The van der Waals surface area contributed by atoms with Gasteiger partial charge >= 0.3 is 13.8 Å². The van der Waals surface area contributed by atoms with E-state index in [1.807, 2.05) is 19.1 Å². The number of aliphatic hydroxyl groups excluding tert-OH is 2. The number of hydrogen-bond donors (Lipinski definition) is 6. The molecule has 1 heterocycles. The lowest BCUT2D eigenvalue weighted by Gasteiger charge is -2.59. The van der Waals surface area contributed by atoms with E-state index in [0.717, 1.165) is 109 Å². The van der Waals surface area contributed by atoms with Crippen molar-refractivity contribution in [2.75, 3.05) is 39.5 Å². The first kappa shape index (κ1) is 59.2. The van der Waals surface area contributed by atoms with Crippen LogP contribution in [0.4, 0.5) is 0 Å². The Morgan fingerprint density at radius 1 is 0.932 bits per heavy atom. The highest BCUT2D eigenvalue weighted by Gasteiger charge is 2.76. The lowest BCUT2D eigenvalue weighted by atomic mass is 9.46. The summed E-state index contributed by atoms with van der Waals surface area (Å²) in [6.07, 6.45) is 17.1. The highest BCUT2D eigenvalue weighted by atomic mass is 35.5. The summed E-state index contributed by atoms with van der Waals surface area (Å²) in [6.45, 7) is 5.67. The molecule has 2 aromatic rings. The van der Waals surface area contributed by atoms with Crippen LogP contribution in [0.2, 0.25) is 0 Å². The number of carbonyl (C=O) groups excluding carboxylic acids is 3. The second-order valence-electron chi connectivity index (χ2n) is 21.5. The Bertz CT molecular complexity index is 2280. The maximum Gasteiger partial charge on any atom is 0.524 e.